The van der Waals surface area contributed by atoms with Crippen molar-refractivity contribution in [1.82, 2.24) is 43.4 Å². The number of aryl methyl sites for hydroxylation is 4. The molecule has 0 radical (unpaired) electrons. The summed E-state index contributed by atoms with van der Waals surface area (Å²) in [7, 11) is 8.50. The highest BCUT2D eigenvalue weighted by atomic mass is 15.3. The summed E-state index contributed by atoms with van der Waals surface area (Å²) in [4.78, 5) is 23.8. The van der Waals surface area contributed by atoms with E-state index in [1.165, 1.54) is 5.52 Å². The molecule has 0 aliphatic rings. The summed E-state index contributed by atoms with van der Waals surface area (Å²) in [5.41, 5.74) is 8.84. The van der Waals surface area contributed by atoms with Crippen molar-refractivity contribution in [3.05, 3.63) is 120 Å². The van der Waals surface area contributed by atoms with Crippen molar-refractivity contribution in [2.45, 2.75) is 26.2 Å². The Morgan fingerprint density at radius 3 is 1.38 bits per heavy atom. The van der Waals surface area contributed by atoms with E-state index in [0.717, 1.165) is 81.5 Å². The van der Waals surface area contributed by atoms with Gasteiger partial charge in [-0.25, -0.2) is 24.5 Å². The predicted octanol–water partition coefficient (Wildman–Crippen LogP) is 5.36. The molecular formula is C38H41N10+. The van der Waals surface area contributed by atoms with Crippen LogP contribution >= 0.6 is 0 Å². The number of nitrogens with one attached hydrogen (secondary N) is 1. The van der Waals surface area contributed by atoms with Crippen molar-refractivity contribution < 1.29 is 4.57 Å². The molecule has 0 amide bonds. The van der Waals surface area contributed by atoms with E-state index in [4.69, 9.17) is 15.0 Å². The summed E-state index contributed by atoms with van der Waals surface area (Å²) in [5.74, 6) is 4.29. The van der Waals surface area contributed by atoms with Gasteiger partial charge in [0.05, 0.1) is 59.8 Å². The van der Waals surface area contributed by atoms with Crippen LogP contribution < -0.4 is 4.57 Å². The van der Waals surface area contributed by atoms with Gasteiger partial charge in [-0.05, 0) is 48.5 Å². The van der Waals surface area contributed by atoms with Crippen molar-refractivity contribution in [3.8, 4) is 0 Å². The van der Waals surface area contributed by atoms with E-state index < -0.39 is 0 Å². The van der Waals surface area contributed by atoms with Gasteiger partial charge in [-0.1, -0.05) is 48.5 Å². The normalized spacial score (nSPS) is 12.2. The molecule has 4 heterocycles. The average Bonchev–Trinajstić information content (AvgIpc) is 3.81. The Labute approximate surface area is 279 Å². The maximum Gasteiger partial charge on any atom is 0.269 e. The summed E-state index contributed by atoms with van der Waals surface area (Å²) in [5, 5.41) is 0. The Morgan fingerprint density at radius 1 is 0.542 bits per heavy atom. The van der Waals surface area contributed by atoms with Crippen molar-refractivity contribution in [2.24, 2.45) is 28.2 Å². The Balaban J connectivity index is 1.13. The topological polar surface area (TPSA) is 79.6 Å². The van der Waals surface area contributed by atoms with E-state index in [1.807, 2.05) is 0 Å². The lowest BCUT2D eigenvalue weighted by Crippen LogP contribution is -2.39. The molecule has 8 aromatic rings. The van der Waals surface area contributed by atoms with Gasteiger partial charge in [0.15, 0.2) is 11.0 Å². The van der Waals surface area contributed by atoms with Crippen LogP contribution in [0.2, 0.25) is 0 Å². The number of hydrogen-bond donors (Lipinski definition) is 1. The Morgan fingerprint density at radius 2 is 0.938 bits per heavy atom. The summed E-state index contributed by atoms with van der Waals surface area (Å²) >= 11 is 0. The molecule has 0 bridgehead atoms. The van der Waals surface area contributed by atoms with Crippen LogP contribution in [0, 0.1) is 0 Å². The quantitative estimate of drug-likeness (QED) is 0.193. The van der Waals surface area contributed by atoms with E-state index in [2.05, 4.69) is 158 Å². The predicted molar refractivity (Wildman–Crippen MR) is 190 cm³/mol. The highest BCUT2D eigenvalue weighted by molar-refractivity contribution is 5.77. The van der Waals surface area contributed by atoms with Gasteiger partial charge in [0, 0.05) is 34.2 Å². The molecule has 4 aromatic carbocycles. The number of imidazole rings is 4. The molecule has 10 nitrogen and oxygen atoms in total. The molecule has 242 valence electrons. The molecule has 0 saturated heterocycles. The second-order valence-electron chi connectivity index (χ2n) is 12.8. The van der Waals surface area contributed by atoms with Crippen molar-refractivity contribution >= 4 is 44.1 Å². The third kappa shape index (κ3) is 5.52. The molecule has 0 saturated carbocycles. The zero-order chi connectivity index (χ0) is 32.8. The number of hydrogen-bond acceptors (Lipinski definition) is 5. The molecular weight excluding hydrogens is 596 g/mol. The first kappa shape index (κ1) is 30.0. The number of H-pyrrole nitrogens is 1. The molecule has 10 heteroatoms. The number of benzene rings is 4. The Kier molecular flexibility index (Phi) is 7.74. The molecule has 0 fully saturated rings. The first-order valence-electron chi connectivity index (χ1n) is 16.5. The van der Waals surface area contributed by atoms with Crippen LogP contribution in [0.3, 0.4) is 0 Å². The van der Waals surface area contributed by atoms with Gasteiger partial charge in [-0.3, -0.25) is 9.80 Å². The maximum absolute atomic E-state index is 5.06. The van der Waals surface area contributed by atoms with Gasteiger partial charge in [0.1, 0.15) is 24.0 Å². The van der Waals surface area contributed by atoms with E-state index in [-0.39, 0.29) is 0 Å². The number of rotatable bonds is 11. The smallest absolute Gasteiger partial charge is 0.269 e. The fourth-order valence-corrected chi connectivity index (χ4v) is 6.94. The van der Waals surface area contributed by atoms with Crippen LogP contribution in [-0.2, 0) is 54.4 Å². The molecule has 0 atom stereocenters. The standard InChI is InChI=1S/C38H40N10/c1-43-31-17-9-5-13-27(31)39-35(43)23-47(24-36-40-28-14-6-10-18-32(28)44(36)2)21-22-48(25-37-41-29-15-7-11-19-33(29)45(37)3)26-38-42-30-16-8-12-20-34(30)46(38)4/h5-20H,21-26H2,1-4H3/p+1. The number of nitrogens with zero attached hydrogens (tertiary/aromatic N) is 9. The zero-order valence-electron chi connectivity index (χ0n) is 28.0. The number of para-hydroxylation sites is 8. The van der Waals surface area contributed by atoms with Crippen molar-refractivity contribution in [1.29, 1.82) is 0 Å². The SMILES string of the molecule is Cn1c(CN(CCN(Cc2nc3ccccc3n2C)Cc2[nH]c3ccccc3[n+]2C)Cc2nc3ccccc3n2C)nc2ccccc21. The molecule has 1 N–H and O–H groups in total. The van der Waals surface area contributed by atoms with Gasteiger partial charge in [0.2, 0.25) is 0 Å². The number of aromatic amines is 1. The fraction of sp³-hybridized carbons (Fsp3) is 0.263. The van der Waals surface area contributed by atoms with Crippen LogP contribution in [0.1, 0.15) is 23.3 Å². The van der Waals surface area contributed by atoms with E-state index in [9.17, 15) is 0 Å². The average molecular weight is 638 g/mol. The van der Waals surface area contributed by atoms with E-state index >= 15 is 0 Å². The van der Waals surface area contributed by atoms with Gasteiger partial charge in [-0.15, -0.1) is 0 Å². The first-order chi connectivity index (χ1) is 23.4. The van der Waals surface area contributed by atoms with Crippen molar-refractivity contribution in [3.63, 3.8) is 0 Å². The summed E-state index contributed by atoms with van der Waals surface area (Å²) < 4.78 is 8.94. The van der Waals surface area contributed by atoms with Crippen molar-refractivity contribution in [2.75, 3.05) is 13.1 Å². The Hall–Kier alpha value is -5.32. The van der Waals surface area contributed by atoms with Gasteiger partial charge < -0.3 is 13.7 Å². The third-order valence-corrected chi connectivity index (χ3v) is 9.79. The van der Waals surface area contributed by atoms with Gasteiger partial charge >= 0.3 is 0 Å². The number of fused-ring (bicyclic) bond motifs is 4. The van der Waals surface area contributed by atoms with Crippen LogP contribution in [0.25, 0.3) is 44.1 Å². The summed E-state index contributed by atoms with van der Waals surface area (Å²) in [6, 6.07) is 33.6. The molecule has 0 unspecified atom stereocenters. The maximum atomic E-state index is 5.06. The molecule has 0 aliphatic heterocycles. The van der Waals surface area contributed by atoms with Gasteiger partial charge in [0.25, 0.3) is 5.82 Å². The Bertz CT molecular complexity index is 2060. The lowest BCUT2D eigenvalue weighted by molar-refractivity contribution is -0.654. The molecule has 0 spiro atoms. The zero-order valence-corrected chi connectivity index (χ0v) is 28.0. The van der Waals surface area contributed by atoms with E-state index in [1.54, 1.807) is 0 Å². The molecule has 48 heavy (non-hydrogen) atoms. The largest absolute Gasteiger partial charge is 0.330 e. The summed E-state index contributed by atoms with van der Waals surface area (Å²) in [6.45, 7) is 4.52. The molecule has 0 aliphatic carbocycles. The molecule has 4 aromatic heterocycles. The molecule has 8 rings (SSSR count). The van der Waals surface area contributed by atoms with Crippen LogP contribution in [-0.4, -0.2) is 56.5 Å². The fourth-order valence-electron chi connectivity index (χ4n) is 6.94. The first-order valence-corrected chi connectivity index (χ1v) is 16.5. The van der Waals surface area contributed by atoms with E-state index in [0.29, 0.717) is 19.6 Å². The third-order valence-electron chi connectivity index (χ3n) is 9.79. The van der Waals surface area contributed by atoms with Crippen LogP contribution in [0.4, 0.5) is 0 Å². The highest BCUT2D eigenvalue weighted by Gasteiger charge is 2.23. The van der Waals surface area contributed by atoms with Crippen LogP contribution in [0.5, 0.6) is 0 Å². The minimum Gasteiger partial charge on any atom is -0.330 e. The minimum absolute atomic E-state index is 0.703. The summed E-state index contributed by atoms with van der Waals surface area (Å²) in [6.07, 6.45) is 0. The van der Waals surface area contributed by atoms with Gasteiger partial charge in [-0.2, -0.15) is 0 Å². The number of aromatic nitrogens is 8. The minimum atomic E-state index is 0.703. The monoisotopic (exact) mass is 637 g/mol. The van der Waals surface area contributed by atoms with Crippen LogP contribution in [0.15, 0.2) is 97.1 Å². The second-order valence-corrected chi connectivity index (χ2v) is 12.8. The lowest BCUT2D eigenvalue weighted by Gasteiger charge is -2.26. The highest BCUT2D eigenvalue weighted by Crippen LogP contribution is 2.21. The second kappa shape index (κ2) is 12.4. The lowest BCUT2D eigenvalue weighted by atomic mass is 10.3.